The van der Waals surface area contributed by atoms with Crippen molar-refractivity contribution in [2.75, 3.05) is 18.6 Å². The van der Waals surface area contributed by atoms with E-state index >= 15 is 0 Å². The largest absolute Gasteiger partial charge is 0.491 e. The first kappa shape index (κ1) is 16.0. The smallest absolute Gasteiger partial charge is 0.227 e. The van der Waals surface area contributed by atoms with Crippen molar-refractivity contribution in [3.63, 3.8) is 0 Å². The second-order valence-electron chi connectivity index (χ2n) is 4.74. The van der Waals surface area contributed by atoms with E-state index in [0.717, 1.165) is 0 Å². The normalized spacial score (nSPS) is 11.7. The maximum Gasteiger partial charge on any atom is 0.227 e. The van der Waals surface area contributed by atoms with E-state index in [1.807, 2.05) is 18.2 Å². The lowest BCUT2D eigenvalue weighted by atomic mass is 10.1. The summed E-state index contributed by atoms with van der Waals surface area (Å²) >= 11 is 0. The second-order valence-corrected chi connectivity index (χ2v) is 4.74. The van der Waals surface area contributed by atoms with Gasteiger partial charge in [-0.05, 0) is 17.7 Å². The molecule has 0 heterocycles. The van der Waals surface area contributed by atoms with Gasteiger partial charge in [0.1, 0.15) is 19.0 Å². The standard InChI is InChI=1S/C17H18FNO3/c18-9-10-22-15-8-4-7-14(11-15)19-17(21)12-16(20)13-5-2-1-3-6-13/h1-8,11,16,20H,9-10,12H2,(H,19,21). The van der Waals surface area contributed by atoms with Crippen molar-refractivity contribution in [2.24, 2.45) is 0 Å². The predicted molar refractivity (Wildman–Crippen MR) is 82.6 cm³/mol. The zero-order valence-corrected chi connectivity index (χ0v) is 12.0. The molecule has 0 aliphatic heterocycles. The summed E-state index contributed by atoms with van der Waals surface area (Å²) < 4.78 is 17.2. The highest BCUT2D eigenvalue weighted by Gasteiger charge is 2.13. The van der Waals surface area contributed by atoms with Crippen LogP contribution < -0.4 is 10.1 Å². The summed E-state index contributed by atoms with van der Waals surface area (Å²) in [5, 5.41) is 12.7. The summed E-state index contributed by atoms with van der Waals surface area (Å²) in [4.78, 5) is 11.9. The first-order chi connectivity index (χ1) is 10.7. The van der Waals surface area contributed by atoms with Crippen LogP contribution in [0.4, 0.5) is 10.1 Å². The molecular weight excluding hydrogens is 285 g/mol. The van der Waals surface area contributed by atoms with E-state index in [-0.39, 0.29) is 18.9 Å². The van der Waals surface area contributed by atoms with Crippen molar-refractivity contribution >= 4 is 11.6 Å². The van der Waals surface area contributed by atoms with Crippen LogP contribution in [0.1, 0.15) is 18.1 Å². The molecule has 0 aliphatic carbocycles. The minimum absolute atomic E-state index is 0.0237. The van der Waals surface area contributed by atoms with Crippen LogP contribution >= 0.6 is 0 Å². The molecule has 0 spiro atoms. The molecule has 0 aromatic heterocycles. The fourth-order valence-electron chi connectivity index (χ4n) is 2.00. The minimum atomic E-state index is -0.854. The van der Waals surface area contributed by atoms with Crippen LogP contribution in [0.2, 0.25) is 0 Å². The van der Waals surface area contributed by atoms with E-state index in [9.17, 15) is 14.3 Å². The predicted octanol–water partition coefficient (Wildman–Crippen LogP) is 3.10. The van der Waals surface area contributed by atoms with Gasteiger partial charge in [-0.1, -0.05) is 36.4 Å². The van der Waals surface area contributed by atoms with Gasteiger partial charge in [-0.15, -0.1) is 0 Å². The van der Waals surface area contributed by atoms with E-state index in [2.05, 4.69) is 5.32 Å². The Hall–Kier alpha value is -2.40. The zero-order chi connectivity index (χ0) is 15.8. The van der Waals surface area contributed by atoms with E-state index in [0.29, 0.717) is 17.0 Å². The average Bonchev–Trinajstić information content (AvgIpc) is 2.54. The monoisotopic (exact) mass is 303 g/mol. The van der Waals surface area contributed by atoms with Crippen LogP contribution in [-0.2, 0) is 4.79 Å². The molecule has 1 atom stereocenters. The van der Waals surface area contributed by atoms with Crippen molar-refractivity contribution in [3.05, 3.63) is 60.2 Å². The quantitative estimate of drug-likeness (QED) is 0.826. The Morgan fingerprint density at radius 2 is 1.95 bits per heavy atom. The fraction of sp³-hybridized carbons (Fsp3) is 0.235. The van der Waals surface area contributed by atoms with E-state index in [1.54, 1.807) is 36.4 Å². The van der Waals surface area contributed by atoms with Crippen molar-refractivity contribution < 1.29 is 19.0 Å². The summed E-state index contributed by atoms with van der Waals surface area (Å²) in [7, 11) is 0. The van der Waals surface area contributed by atoms with Crippen LogP contribution in [0, 0.1) is 0 Å². The SMILES string of the molecule is O=C(CC(O)c1ccccc1)Nc1cccc(OCCF)c1. The van der Waals surface area contributed by atoms with Gasteiger partial charge in [0.2, 0.25) is 5.91 Å². The van der Waals surface area contributed by atoms with Crippen molar-refractivity contribution in [1.29, 1.82) is 0 Å². The molecule has 2 aromatic rings. The molecule has 0 fully saturated rings. The van der Waals surface area contributed by atoms with Gasteiger partial charge in [-0.25, -0.2) is 4.39 Å². The van der Waals surface area contributed by atoms with E-state index in [1.165, 1.54) is 0 Å². The molecule has 0 saturated heterocycles. The zero-order valence-electron chi connectivity index (χ0n) is 12.0. The molecule has 4 nitrogen and oxygen atoms in total. The van der Waals surface area contributed by atoms with Crippen molar-refractivity contribution in [1.82, 2.24) is 0 Å². The molecule has 0 radical (unpaired) electrons. The molecule has 5 heteroatoms. The first-order valence-corrected chi connectivity index (χ1v) is 7.00. The average molecular weight is 303 g/mol. The van der Waals surface area contributed by atoms with Gasteiger partial charge >= 0.3 is 0 Å². The Bertz CT molecular complexity index is 604. The number of aliphatic hydroxyl groups is 1. The lowest BCUT2D eigenvalue weighted by Crippen LogP contribution is -2.15. The fourth-order valence-corrected chi connectivity index (χ4v) is 2.00. The molecule has 1 amide bonds. The topological polar surface area (TPSA) is 58.6 Å². The molecule has 2 N–H and O–H groups in total. The number of nitrogens with one attached hydrogen (secondary N) is 1. The van der Waals surface area contributed by atoms with Gasteiger partial charge in [-0.3, -0.25) is 4.79 Å². The highest BCUT2D eigenvalue weighted by Crippen LogP contribution is 2.20. The van der Waals surface area contributed by atoms with Gasteiger partial charge < -0.3 is 15.2 Å². The lowest BCUT2D eigenvalue weighted by Gasteiger charge is -2.12. The van der Waals surface area contributed by atoms with Crippen LogP contribution in [0.5, 0.6) is 5.75 Å². The van der Waals surface area contributed by atoms with Gasteiger partial charge in [0.15, 0.2) is 0 Å². The molecule has 0 aliphatic rings. The maximum absolute atomic E-state index is 12.1. The summed E-state index contributed by atoms with van der Waals surface area (Å²) in [5.74, 6) is 0.179. The van der Waals surface area contributed by atoms with Crippen LogP contribution in [0.25, 0.3) is 0 Å². The number of anilines is 1. The Morgan fingerprint density at radius 1 is 1.18 bits per heavy atom. The van der Waals surface area contributed by atoms with Gasteiger partial charge in [-0.2, -0.15) is 0 Å². The Labute approximate surface area is 128 Å². The number of halogens is 1. The summed E-state index contributed by atoms with van der Waals surface area (Å²) in [6.07, 6.45) is -0.897. The number of carbonyl (C=O) groups excluding carboxylic acids is 1. The number of carbonyl (C=O) groups is 1. The summed E-state index contributed by atoms with van der Waals surface area (Å²) in [6.45, 7) is -0.593. The highest BCUT2D eigenvalue weighted by atomic mass is 19.1. The number of amides is 1. The molecule has 0 saturated carbocycles. The Morgan fingerprint density at radius 3 is 2.68 bits per heavy atom. The highest BCUT2D eigenvalue weighted by molar-refractivity contribution is 5.91. The van der Waals surface area contributed by atoms with Crippen LogP contribution in [0.15, 0.2) is 54.6 Å². The third kappa shape index (κ3) is 4.86. The van der Waals surface area contributed by atoms with Gasteiger partial charge in [0.25, 0.3) is 0 Å². The number of hydrogen-bond acceptors (Lipinski definition) is 3. The molecule has 2 rings (SSSR count). The number of hydrogen-bond donors (Lipinski definition) is 2. The molecule has 1 unspecified atom stereocenters. The lowest BCUT2D eigenvalue weighted by molar-refractivity contribution is -0.118. The molecule has 2 aromatic carbocycles. The van der Waals surface area contributed by atoms with Crippen molar-refractivity contribution in [2.45, 2.75) is 12.5 Å². The van der Waals surface area contributed by atoms with Crippen LogP contribution in [-0.4, -0.2) is 24.3 Å². The summed E-state index contributed by atoms with van der Waals surface area (Å²) in [6, 6.07) is 15.7. The molecule has 116 valence electrons. The summed E-state index contributed by atoms with van der Waals surface area (Å²) in [5.41, 5.74) is 1.24. The Kier molecular flexibility index (Phi) is 5.91. The third-order valence-electron chi connectivity index (χ3n) is 3.03. The van der Waals surface area contributed by atoms with Crippen molar-refractivity contribution in [3.8, 4) is 5.75 Å². The molecule has 22 heavy (non-hydrogen) atoms. The number of rotatable bonds is 7. The number of alkyl halides is 1. The number of ether oxygens (including phenoxy) is 1. The third-order valence-corrected chi connectivity index (χ3v) is 3.03. The Balaban J connectivity index is 1.91. The van der Waals surface area contributed by atoms with Crippen LogP contribution in [0.3, 0.4) is 0 Å². The number of benzene rings is 2. The maximum atomic E-state index is 12.1. The second kappa shape index (κ2) is 8.14. The molecular formula is C17H18FNO3. The minimum Gasteiger partial charge on any atom is -0.491 e. The van der Waals surface area contributed by atoms with Gasteiger partial charge in [0.05, 0.1) is 12.5 Å². The van der Waals surface area contributed by atoms with E-state index < -0.39 is 12.8 Å². The molecule has 0 bridgehead atoms. The number of aliphatic hydroxyl groups excluding tert-OH is 1. The van der Waals surface area contributed by atoms with E-state index in [4.69, 9.17) is 4.74 Å². The van der Waals surface area contributed by atoms with Gasteiger partial charge in [0, 0.05) is 11.8 Å². The first-order valence-electron chi connectivity index (χ1n) is 7.00.